The standard InChI is InChI=1S/C18H25N3O5S/c1-10-13(27-11(2)19-10)14(22)20-6-12(15(23)24)18(7-20)8-21(9-18)16(25)26-17(3,4)5/h12H,6-9H2,1-5H3,(H,23,24)/t12-/m0/s1. The molecule has 0 aliphatic carbocycles. The van der Waals surface area contributed by atoms with Crippen LogP contribution in [0.5, 0.6) is 0 Å². The summed E-state index contributed by atoms with van der Waals surface area (Å²) in [4.78, 5) is 44.8. The van der Waals surface area contributed by atoms with Gasteiger partial charge in [0.25, 0.3) is 5.91 Å². The number of nitrogens with zero attached hydrogens (tertiary/aromatic N) is 3. The van der Waals surface area contributed by atoms with Crippen LogP contribution >= 0.6 is 11.3 Å². The maximum atomic E-state index is 12.9. The number of thiazole rings is 1. The Morgan fingerprint density at radius 1 is 1.19 bits per heavy atom. The van der Waals surface area contributed by atoms with Crippen LogP contribution in [-0.4, -0.2) is 69.6 Å². The Hall–Kier alpha value is -2.16. The monoisotopic (exact) mass is 395 g/mol. The first-order chi connectivity index (χ1) is 12.4. The number of hydrogen-bond donors (Lipinski definition) is 1. The first-order valence-corrected chi connectivity index (χ1v) is 9.67. The molecule has 2 fully saturated rings. The second-order valence-electron chi connectivity index (χ2n) is 8.42. The predicted octanol–water partition coefficient (Wildman–Crippen LogP) is 2.15. The molecule has 2 saturated heterocycles. The fourth-order valence-corrected chi connectivity index (χ4v) is 4.71. The van der Waals surface area contributed by atoms with Crippen molar-refractivity contribution in [3.8, 4) is 0 Å². The molecule has 8 nitrogen and oxygen atoms in total. The van der Waals surface area contributed by atoms with Crippen molar-refractivity contribution >= 4 is 29.3 Å². The van der Waals surface area contributed by atoms with Gasteiger partial charge in [0.2, 0.25) is 0 Å². The van der Waals surface area contributed by atoms with Gasteiger partial charge >= 0.3 is 12.1 Å². The van der Waals surface area contributed by atoms with Crippen molar-refractivity contribution in [2.45, 2.75) is 40.2 Å². The molecule has 3 rings (SSSR count). The van der Waals surface area contributed by atoms with Crippen molar-refractivity contribution in [1.82, 2.24) is 14.8 Å². The van der Waals surface area contributed by atoms with E-state index in [1.807, 2.05) is 6.92 Å². The third-order valence-corrected chi connectivity index (χ3v) is 6.06. The number of carboxylic acids is 1. The largest absolute Gasteiger partial charge is 0.481 e. The molecule has 3 heterocycles. The number of likely N-dealkylation sites (tertiary alicyclic amines) is 2. The molecule has 2 aliphatic rings. The van der Waals surface area contributed by atoms with E-state index < -0.39 is 29.0 Å². The number of carbonyl (C=O) groups excluding carboxylic acids is 2. The Kier molecular flexibility index (Phi) is 4.70. The smallest absolute Gasteiger partial charge is 0.410 e. The summed E-state index contributed by atoms with van der Waals surface area (Å²) in [7, 11) is 0. The topological polar surface area (TPSA) is 100 Å². The van der Waals surface area contributed by atoms with Gasteiger partial charge in [0.15, 0.2) is 0 Å². The van der Waals surface area contributed by atoms with Gasteiger partial charge in [-0.1, -0.05) is 0 Å². The molecule has 27 heavy (non-hydrogen) atoms. The zero-order chi connectivity index (χ0) is 20.1. The Labute approximate surface area is 162 Å². The number of aromatic nitrogens is 1. The van der Waals surface area contributed by atoms with Crippen molar-refractivity contribution in [3.05, 3.63) is 15.6 Å². The highest BCUT2D eigenvalue weighted by Crippen LogP contribution is 2.45. The zero-order valence-electron chi connectivity index (χ0n) is 16.2. The van der Waals surface area contributed by atoms with Crippen LogP contribution in [0.25, 0.3) is 0 Å². The van der Waals surface area contributed by atoms with Gasteiger partial charge in [0.05, 0.1) is 16.6 Å². The average molecular weight is 395 g/mol. The molecular formula is C18H25N3O5S. The lowest BCUT2D eigenvalue weighted by Gasteiger charge is -2.49. The zero-order valence-corrected chi connectivity index (χ0v) is 17.1. The minimum absolute atomic E-state index is 0.146. The van der Waals surface area contributed by atoms with Gasteiger partial charge in [-0.2, -0.15) is 0 Å². The molecule has 0 bridgehead atoms. The first kappa shape index (κ1) is 19.6. The third kappa shape index (κ3) is 3.65. The highest BCUT2D eigenvalue weighted by Gasteiger charge is 2.59. The molecule has 0 saturated carbocycles. The van der Waals surface area contributed by atoms with E-state index in [0.29, 0.717) is 17.1 Å². The van der Waals surface area contributed by atoms with Crippen molar-refractivity contribution in [2.75, 3.05) is 26.2 Å². The number of rotatable bonds is 2. The number of hydrogen-bond acceptors (Lipinski definition) is 6. The van der Waals surface area contributed by atoms with Crippen LogP contribution in [0.1, 0.15) is 41.1 Å². The van der Waals surface area contributed by atoms with Gasteiger partial charge in [-0.05, 0) is 34.6 Å². The molecule has 1 spiro atoms. The number of ether oxygens (including phenoxy) is 1. The maximum absolute atomic E-state index is 12.9. The van der Waals surface area contributed by atoms with E-state index in [4.69, 9.17) is 4.74 Å². The highest BCUT2D eigenvalue weighted by atomic mass is 32.1. The average Bonchev–Trinajstić information content (AvgIpc) is 3.03. The molecule has 2 aliphatic heterocycles. The Morgan fingerprint density at radius 3 is 2.26 bits per heavy atom. The van der Waals surface area contributed by atoms with Crippen LogP contribution < -0.4 is 0 Å². The van der Waals surface area contributed by atoms with Gasteiger partial charge in [-0.25, -0.2) is 9.78 Å². The molecule has 1 atom stereocenters. The second-order valence-corrected chi connectivity index (χ2v) is 9.63. The summed E-state index contributed by atoms with van der Waals surface area (Å²) in [5, 5.41) is 10.5. The molecule has 1 N–H and O–H groups in total. The Bertz CT molecular complexity index is 791. The predicted molar refractivity (Wildman–Crippen MR) is 98.9 cm³/mol. The molecule has 148 valence electrons. The first-order valence-electron chi connectivity index (χ1n) is 8.86. The fourth-order valence-electron chi connectivity index (χ4n) is 3.83. The molecule has 0 aromatic carbocycles. The van der Waals surface area contributed by atoms with E-state index >= 15 is 0 Å². The summed E-state index contributed by atoms with van der Waals surface area (Å²) in [5.41, 5.74) is -0.559. The SMILES string of the molecule is Cc1nc(C)c(C(=O)N2C[C@@H](C(=O)O)C3(CN(C(=O)OC(C)(C)C)C3)C2)s1. The molecule has 0 radical (unpaired) electrons. The van der Waals surface area contributed by atoms with Crippen LogP contribution in [0.15, 0.2) is 0 Å². The Morgan fingerprint density at radius 2 is 1.78 bits per heavy atom. The minimum atomic E-state index is -0.939. The molecular weight excluding hydrogens is 370 g/mol. The lowest BCUT2D eigenvalue weighted by atomic mass is 9.72. The van der Waals surface area contributed by atoms with Gasteiger partial charge in [-0.3, -0.25) is 9.59 Å². The summed E-state index contributed by atoms with van der Waals surface area (Å²) in [6.07, 6.45) is -0.448. The number of carboxylic acid groups (broad SMARTS) is 1. The van der Waals surface area contributed by atoms with E-state index in [0.717, 1.165) is 5.01 Å². The van der Waals surface area contributed by atoms with E-state index in [1.54, 1.807) is 32.6 Å². The summed E-state index contributed by atoms with van der Waals surface area (Å²) in [5.74, 6) is -1.82. The third-order valence-electron chi connectivity index (χ3n) is 4.99. The normalized spacial score (nSPS) is 21.3. The van der Waals surface area contributed by atoms with Gasteiger partial charge in [-0.15, -0.1) is 11.3 Å². The molecule has 1 aromatic rings. The highest BCUT2D eigenvalue weighted by molar-refractivity contribution is 7.13. The van der Waals surface area contributed by atoms with Gasteiger partial charge < -0.3 is 19.6 Å². The molecule has 2 amide bonds. The number of aryl methyl sites for hydroxylation is 2. The summed E-state index contributed by atoms with van der Waals surface area (Å²) in [6.45, 7) is 10.0. The molecule has 9 heteroatoms. The summed E-state index contributed by atoms with van der Waals surface area (Å²) < 4.78 is 5.35. The second kappa shape index (κ2) is 6.47. The number of amides is 2. The van der Waals surface area contributed by atoms with Gasteiger partial charge in [0, 0.05) is 31.6 Å². The van der Waals surface area contributed by atoms with Crippen molar-refractivity contribution in [3.63, 3.8) is 0 Å². The fraction of sp³-hybridized carbons (Fsp3) is 0.667. The van der Waals surface area contributed by atoms with Crippen LogP contribution in [0, 0.1) is 25.2 Å². The number of aliphatic carboxylic acids is 1. The van der Waals surface area contributed by atoms with E-state index in [1.165, 1.54) is 16.2 Å². The summed E-state index contributed by atoms with van der Waals surface area (Å²) >= 11 is 1.32. The van der Waals surface area contributed by atoms with Gasteiger partial charge in [0.1, 0.15) is 10.5 Å². The molecule has 0 unspecified atom stereocenters. The summed E-state index contributed by atoms with van der Waals surface area (Å²) in [6, 6.07) is 0. The maximum Gasteiger partial charge on any atom is 0.410 e. The van der Waals surface area contributed by atoms with E-state index in [-0.39, 0.29) is 25.5 Å². The van der Waals surface area contributed by atoms with Crippen LogP contribution in [0.4, 0.5) is 4.79 Å². The van der Waals surface area contributed by atoms with Crippen LogP contribution in [0.3, 0.4) is 0 Å². The van der Waals surface area contributed by atoms with Crippen LogP contribution in [-0.2, 0) is 9.53 Å². The van der Waals surface area contributed by atoms with Crippen LogP contribution in [0.2, 0.25) is 0 Å². The lowest BCUT2D eigenvalue weighted by molar-refractivity contribution is -0.149. The van der Waals surface area contributed by atoms with E-state index in [9.17, 15) is 19.5 Å². The van der Waals surface area contributed by atoms with Crippen molar-refractivity contribution in [1.29, 1.82) is 0 Å². The van der Waals surface area contributed by atoms with Crippen molar-refractivity contribution in [2.24, 2.45) is 11.3 Å². The quantitative estimate of drug-likeness (QED) is 0.824. The van der Waals surface area contributed by atoms with Crippen molar-refractivity contribution < 1.29 is 24.2 Å². The lowest BCUT2D eigenvalue weighted by Crippen LogP contribution is -2.63. The minimum Gasteiger partial charge on any atom is -0.481 e. The Balaban J connectivity index is 1.73. The van der Waals surface area contributed by atoms with E-state index in [2.05, 4.69) is 4.98 Å². The number of carbonyl (C=O) groups is 3. The molecule has 1 aromatic heterocycles.